The van der Waals surface area contributed by atoms with Crippen molar-refractivity contribution in [1.82, 2.24) is 0 Å². The number of aliphatic hydroxyl groups is 6. The smallest absolute Gasteiger partial charge is 0.305 e. The first kappa shape index (κ1) is 30.3. The van der Waals surface area contributed by atoms with Crippen molar-refractivity contribution in [2.45, 2.75) is 106 Å². The molecule has 10 atom stereocenters. The number of hydrogen-bond acceptors (Lipinski definition) is 13. The molecule has 0 aromatic carbocycles. The van der Waals surface area contributed by atoms with Crippen molar-refractivity contribution in [2.75, 3.05) is 26.9 Å². The molecule has 2 saturated heterocycles. The third-order valence-corrected chi connectivity index (χ3v) is 6.32. The molecular formula is C22H41NO12. The maximum Gasteiger partial charge on any atom is 0.305 e. The number of unbranched alkanes of at least 4 members (excludes halogenated alkanes) is 5. The van der Waals surface area contributed by atoms with Crippen molar-refractivity contribution in [2.24, 2.45) is 5.73 Å². The number of nitrogens with two attached hydrogens (primary N) is 1. The van der Waals surface area contributed by atoms with Crippen molar-refractivity contribution in [1.29, 1.82) is 0 Å². The summed E-state index contributed by atoms with van der Waals surface area (Å²) in [4.78, 5) is 11.1. The van der Waals surface area contributed by atoms with E-state index in [0.29, 0.717) is 19.4 Å². The molecule has 35 heavy (non-hydrogen) atoms. The Kier molecular flexibility index (Phi) is 13.2. The number of methoxy groups -OCH3 is 1. The number of ether oxygens (including phenoxy) is 5. The first-order valence-electron chi connectivity index (χ1n) is 12.1. The summed E-state index contributed by atoms with van der Waals surface area (Å²) in [5.41, 5.74) is 6.20. The van der Waals surface area contributed by atoms with Gasteiger partial charge in [-0.05, 0) is 12.8 Å². The number of hydrogen-bond donors (Lipinski definition) is 7. The molecule has 0 radical (unpaired) electrons. The molecule has 2 fully saturated rings. The van der Waals surface area contributed by atoms with Crippen LogP contribution in [0.4, 0.5) is 0 Å². The van der Waals surface area contributed by atoms with Crippen LogP contribution in [0.1, 0.15) is 44.9 Å². The summed E-state index contributed by atoms with van der Waals surface area (Å²) in [5.74, 6) is -0.206. The lowest BCUT2D eigenvalue weighted by Crippen LogP contribution is -2.66. The second-order valence-corrected chi connectivity index (χ2v) is 8.91. The van der Waals surface area contributed by atoms with E-state index in [-0.39, 0.29) is 5.97 Å². The fourth-order valence-electron chi connectivity index (χ4n) is 4.12. The fraction of sp³-hybridized carbons (Fsp3) is 0.955. The number of carbonyl (C=O) groups is 1. The van der Waals surface area contributed by atoms with Crippen molar-refractivity contribution >= 4 is 5.97 Å². The Morgan fingerprint density at radius 3 is 2.00 bits per heavy atom. The number of esters is 1. The van der Waals surface area contributed by atoms with Crippen molar-refractivity contribution < 1.29 is 59.1 Å². The summed E-state index contributed by atoms with van der Waals surface area (Å²) in [5, 5.41) is 59.7. The largest absolute Gasteiger partial charge is 0.469 e. The van der Waals surface area contributed by atoms with Gasteiger partial charge in [-0.25, -0.2) is 0 Å². The normalized spacial score (nSPS) is 37.8. The maximum absolute atomic E-state index is 11.1. The van der Waals surface area contributed by atoms with Gasteiger partial charge in [-0.15, -0.1) is 0 Å². The van der Waals surface area contributed by atoms with Gasteiger partial charge in [0, 0.05) is 13.0 Å². The van der Waals surface area contributed by atoms with Gasteiger partial charge in [0.2, 0.25) is 0 Å². The molecule has 6 unspecified atom stereocenters. The summed E-state index contributed by atoms with van der Waals surface area (Å²) in [6.45, 7) is -0.876. The van der Waals surface area contributed by atoms with Gasteiger partial charge < -0.3 is 60.1 Å². The first-order valence-corrected chi connectivity index (χ1v) is 12.1. The van der Waals surface area contributed by atoms with Crippen LogP contribution >= 0.6 is 0 Å². The van der Waals surface area contributed by atoms with Crippen LogP contribution < -0.4 is 5.73 Å². The molecule has 2 heterocycles. The number of carbonyl (C=O) groups excluding carboxylic acids is 1. The van der Waals surface area contributed by atoms with Gasteiger partial charge in [-0.3, -0.25) is 4.79 Å². The summed E-state index contributed by atoms with van der Waals surface area (Å²) in [7, 11) is 1.37. The predicted octanol–water partition coefficient (Wildman–Crippen LogP) is -2.50. The number of rotatable bonds is 14. The average molecular weight is 512 g/mol. The molecule has 0 amide bonds. The standard InChI is InChI=1S/C22H41NO12/c1-31-14(26)8-6-4-2-3-5-7-9-32-21-15(23)20(17(28)13(11-25)33-21)35-22-19(30)18(29)16(27)12(10-24)34-22/h12-13,15-22,24-25,27-30H,2-11,23H2,1H3/t12?,13?,15?,16-,17-,18?,19?,20?,21-,22-/m0/s1. The lowest BCUT2D eigenvalue weighted by Gasteiger charge is -2.46. The summed E-state index contributed by atoms with van der Waals surface area (Å²) >= 11 is 0. The molecule has 0 aliphatic carbocycles. The summed E-state index contributed by atoms with van der Waals surface area (Å²) in [6, 6.07) is -1.03. The molecule has 13 heteroatoms. The molecule has 0 saturated carbocycles. The molecule has 0 bridgehead atoms. The molecule has 13 nitrogen and oxygen atoms in total. The fourth-order valence-corrected chi connectivity index (χ4v) is 4.12. The average Bonchev–Trinajstić information content (AvgIpc) is 2.86. The maximum atomic E-state index is 11.1. The van der Waals surface area contributed by atoms with Crippen LogP contribution in [0.5, 0.6) is 0 Å². The highest BCUT2D eigenvalue weighted by atomic mass is 16.7. The van der Waals surface area contributed by atoms with Gasteiger partial charge in [0.15, 0.2) is 12.6 Å². The highest BCUT2D eigenvalue weighted by Gasteiger charge is 2.50. The van der Waals surface area contributed by atoms with Gasteiger partial charge in [-0.1, -0.05) is 25.7 Å². The molecule has 0 spiro atoms. The zero-order valence-corrected chi connectivity index (χ0v) is 20.1. The van der Waals surface area contributed by atoms with Gasteiger partial charge in [0.25, 0.3) is 0 Å². The van der Waals surface area contributed by atoms with E-state index in [4.69, 9.17) is 24.7 Å². The minimum Gasteiger partial charge on any atom is -0.469 e. The summed E-state index contributed by atoms with van der Waals surface area (Å²) < 4.78 is 26.9. The van der Waals surface area contributed by atoms with Gasteiger partial charge in [-0.2, -0.15) is 0 Å². The molecule has 2 aliphatic rings. The molecular weight excluding hydrogens is 470 g/mol. The second-order valence-electron chi connectivity index (χ2n) is 8.91. The van der Waals surface area contributed by atoms with Crippen molar-refractivity contribution in [3.8, 4) is 0 Å². The van der Waals surface area contributed by atoms with E-state index in [0.717, 1.165) is 32.1 Å². The van der Waals surface area contributed by atoms with Gasteiger partial charge in [0.1, 0.15) is 42.7 Å². The van der Waals surface area contributed by atoms with Crippen LogP contribution in [0.25, 0.3) is 0 Å². The lowest BCUT2D eigenvalue weighted by atomic mass is 9.96. The van der Waals surface area contributed by atoms with Crippen LogP contribution in [-0.2, 0) is 28.5 Å². The van der Waals surface area contributed by atoms with Crippen molar-refractivity contribution in [3.63, 3.8) is 0 Å². The Labute approximate surface area is 204 Å². The van der Waals surface area contributed by atoms with E-state index in [1.165, 1.54) is 7.11 Å². The molecule has 206 valence electrons. The third-order valence-electron chi connectivity index (χ3n) is 6.32. The predicted molar refractivity (Wildman–Crippen MR) is 119 cm³/mol. The Morgan fingerprint density at radius 1 is 0.800 bits per heavy atom. The first-order chi connectivity index (χ1) is 16.7. The van der Waals surface area contributed by atoms with E-state index < -0.39 is 74.6 Å². The van der Waals surface area contributed by atoms with Gasteiger partial charge in [0.05, 0.1) is 26.4 Å². The van der Waals surface area contributed by atoms with E-state index >= 15 is 0 Å². The number of aliphatic hydroxyl groups excluding tert-OH is 6. The lowest BCUT2D eigenvalue weighted by molar-refractivity contribution is -0.343. The Bertz CT molecular complexity index is 611. The van der Waals surface area contributed by atoms with Crippen LogP contribution in [0, 0.1) is 0 Å². The van der Waals surface area contributed by atoms with Crippen LogP contribution in [-0.4, -0.2) is 125 Å². The second kappa shape index (κ2) is 15.3. The van der Waals surface area contributed by atoms with E-state index in [1.807, 2.05) is 0 Å². The van der Waals surface area contributed by atoms with E-state index in [1.54, 1.807) is 0 Å². The molecule has 2 rings (SSSR count). The SMILES string of the molecule is COC(=O)CCCCCCCCO[C@H]1OC(CO)[C@H](O)C(O[C@@H]2OC(CO)[C@H](O)C(O)C2O)C1N. The summed E-state index contributed by atoms with van der Waals surface area (Å²) in [6.07, 6.45) is -6.61. The van der Waals surface area contributed by atoms with Crippen molar-refractivity contribution in [3.05, 3.63) is 0 Å². The third kappa shape index (κ3) is 8.54. The molecule has 0 aromatic rings. The Morgan fingerprint density at radius 2 is 1.37 bits per heavy atom. The Balaban J connectivity index is 1.82. The molecule has 2 aliphatic heterocycles. The zero-order chi connectivity index (χ0) is 26.0. The van der Waals surface area contributed by atoms with Crippen LogP contribution in [0.2, 0.25) is 0 Å². The Hall–Kier alpha value is -0.970. The highest BCUT2D eigenvalue weighted by Crippen LogP contribution is 2.29. The van der Waals surface area contributed by atoms with Crippen LogP contribution in [0.15, 0.2) is 0 Å². The van der Waals surface area contributed by atoms with Gasteiger partial charge >= 0.3 is 5.97 Å². The molecule has 8 N–H and O–H groups in total. The highest BCUT2D eigenvalue weighted by molar-refractivity contribution is 5.68. The molecule has 0 aromatic heterocycles. The van der Waals surface area contributed by atoms with Crippen LogP contribution in [0.3, 0.4) is 0 Å². The van der Waals surface area contributed by atoms with E-state index in [9.17, 15) is 35.4 Å². The monoisotopic (exact) mass is 511 g/mol. The zero-order valence-electron chi connectivity index (χ0n) is 20.1. The van der Waals surface area contributed by atoms with E-state index in [2.05, 4.69) is 4.74 Å². The minimum atomic E-state index is -1.67. The topological polar surface area (TPSA) is 211 Å². The quantitative estimate of drug-likeness (QED) is 0.0950. The minimum absolute atomic E-state index is 0.206.